The number of fused-ring (bicyclic) bond motifs is 2. The van der Waals surface area contributed by atoms with Crippen molar-refractivity contribution in [3.05, 3.63) is 87.7 Å². The summed E-state index contributed by atoms with van der Waals surface area (Å²) < 4.78 is 19.0. The fourth-order valence-corrected chi connectivity index (χ4v) is 4.61. The maximum absolute atomic E-state index is 13.9. The molecule has 0 saturated heterocycles. The molecular formula is C24H15Cl2FN2O3. The topological polar surface area (TPSA) is 71.2 Å². The molecule has 0 aliphatic carbocycles. The average molecular weight is 469 g/mol. The lowest BCUT2D eigenvalue weighted by Crippen LogP contribution is -2.47. The molecule has 32 heavy (non-hydrogen) atoms. The molecular weight excluding hydrogens is 454 g/mol. The van der Waals surface area contributed by atoms with Crippen LogP contribution in [0.5, 0.6) is 0 Å². The number of esters is 1. The summed E-state index contributed by atoms with van der Waals surface area (Å²) in [6.45, 7) is 0. The van der Waals surface area contributed by atoms with E-state index in [1.165, 1.54) is 25.3 Å². The van der Waals surface area contributed by atoms with Gasteiger partial charge in [-0.15, -0.1) is 0 Å². The number of carbonyl (C=O) groups is 2. The Hall–Kier alpha value is -3.35. The molecule has 1 atom stereocenters. The number of aromatic nitrogens is 1. The molecule has 2 N–H and O–H groups in total. The Morgan fingerprint density at radius 2 is 1.84 bits per heavy atom. The highest BCUT2D eigenvalue weighted by Gasteiger charge is 2.56. The first-order valence-corrected chi connectivity index (χ1v) is 10.4. The summed E-state index contributed by atoms with van der Waals surface area (Å²) in [7, 11) is 1.22. The molecule has 160 valence electrons. The smallest absolute Gasteiger partial charge is 0.344 e. The monoisotopic (exact) mass is 468 g/mol. The lowest BCUT2D eigenvalue weighted by Gasteiger charge is -2.27. The highest BCUT2D eigenvalue weighted by Crippen LogP contribution is 2.47. The van der Waals surface area contributed by atoms with Gasteiger partial charge in [0.05, 0.1) is 17.8 Å². The van der Waals surface area contributed by atoms with Crippen molar-refractivity contribution in [3.8, 4) is 11.3 Å². The number of rotatable bonds is 3. The van der Waals surface area contributed by atoms with Crippen LogP contribution in [0.4, 0.5) is 10.1 Å². The van der Waals surface area contributed by atoms with Crippen molar-refractivity contribution in [2.45, 2.75) is 5.54 Å². The van der Waals surface area contributed by atoms with E-state index < -0.39 is 23.1 Å². The molecule has 1 aromatic heterocycles. The Morgan fingerprint density at radius 1 is 1.06 bits per heavy atom. The van der Waals surface area contributed by atoms with Crippen molar-refractivity contribution < 1.29 is 18.7 Å². The van der Waals surface area contributed by atoms with Crippen molar-refractivity contribution in [1.29, 1.82) is 0 Å². The minimum atomic E-state index is -1.88. The van der Waals surface area contributed by atoms with Gasteiger partial charge in [-0.1, -0.05) is 41.4 Å². The number of hydrogen-bond acceptors (Lipinski definition) is 4. The Kier molecular flexibility index (Phi) is 4.73. The molecule has 2 heterocycles. The average Bonchev–Trinajstić information content (AvgIpc) is 3.31. The number of methoxy groups -OCH3 is 1. The molecule has 0 saturated carbocycles. The molecule has 1 aliphatic heterocycles. The molecule has 0 spiro atoms. The summed E-state index contributed by atoms with van der Waals surface area (Å²) >= 11 is 12.2. The van der Waals surface area contributed by atoms with E-state index in [0.717, 1.165) is 0 Å². The number of ketones is 1. The Bertz CT molecular complexity index is 1430. The fourth-order valence-electron chi connectivity index (χ4n) is 4.25. The van der Waals surface area contributed by atoms with E-state index in [4.69, 9.17) is 27.9 Å². The van der Waals surface area contributed by atoms with Gasteiger partial charge in [-0.05, 0) is 42.5 Å². The second-order valence-corrected chi connectivity index (χ2v) is 8.28. The zero-order valence-corrected chi connectivity index (χ0v) is 18.1. The van der Waals surface area contributed by atoms with Crippen molar-refractivity contribution in [2.75, 3.05) is 12.4 Å². The van der Waals surface area contributed by atoms with Gasteiger partial charge in [-0.3, -0.25) is 4.79 Å². The molecule has 5 nitrogen and oxygen atoms in total. The molecule has 0 fully saturated rings. The number of para-hydroxylation sites is 1. The molecule has 0 amide bonds. The van der Waals surface area contributed by atoms with Crippen LogP contribution in [0.2, 0.25) is 10.0 Å². The molecule has 0 radical (unpaired) electrons. The normalized spacial score (nSPS) is 17.3. The predicted octanol–water partition coefficient (Wildman–Crippen LogP) is 5.96. The van der Waals surface area contributed by atoms with Crippen molar-refractivity contribution in [3.63, 3.8) is 0 Å². The van der Waals surface area contributed by atoms with Gasteiger partial charge in [0.1, 0.15) is 5.82 Å². The highest BCUT2D eigenvalue weighted by molar-refractivity contribution is 6.33. The predicted molar refractivity (Wildman–Crippen MR) is 122 cm³/mol. The molecule has 1 unspecified atom stereocenters. The first-order valence-electron chi connectivity index (χ1n) is 9.64. The first-order chi connectivity index (χ1) is 15.4. The van der Waals surface area contributed by atoms with Crippen molar-refractivity contribution in [1.82, 2.24) is 4.98 Å². The summed E-state index contributed by atoms with van der Waals surface area (Å²) in [5, 5.41) is 4.04. The van der Waals surface area contributed by atoms with Crippen molar-refractivity contribution >= 4 is 51.5 Å². The lowest BCUT2D eigenvalue weighted by atomic mass is 9.82. The van der Waals surface area contributed by atoms with Gasteiger partial charge in [0, 0.05) is 38.3 Å². The van der Waals surface area contributed by atoms with Gasteiger partial charge < -0.3 is 15.0 Å². The number of aromatic amines is 1. The quantitative estimate of drug-likeness (QED) is 0.287. The van der Waals surface area contributed by atoms with Crippen LogP contribution in [0.15, 0.2) is 60.7 Å². The zero-order chi connectivity index (χ0) is 22.6. The van der Waals surface area contributed by atoms with Gasteiger partial charge in [0.2, 0.25) is 11.3 Å². The number of Topliss-reactive ketones (excluding diaryl/α,β-unsaturated/α-hetero) is 1. The van der Waals surface area contributed by atoms with Crippen LogP contribution in [0.1, 0.15) is 15.9 Å². The maximum Gasteiger partial charge on any atom is 0.344 e. The highest BCUT2D eigenvalue weighted by atomic mass is 35.5. The van der Waals surface area contributed by atoms with Crippen LogP contribution in [0.3, 0.4) is 0 Å². The van der Waals surface area contributed by atoms with E-state index in [1.807, 2.05) is 12.1 Å². The Labute approximate surface area is 192 Å². The van der Waals surface area contributed by atoms with Crippen LogP contribution in [-0.4, -0.2) is 23.8 Å². The second kappa shape index (κ2) is 7.36. The van der Waals surface area contributed by atoms with Crippen LogP contribution in [-0.2, 0) is 15.1 Å². The lowest BCUT2D eigenvalue weighted by molar-refractivity contribution is -0.144. The minimum absolute atomic E-state index is 0.0833. The number of benzene rings is 3. The third-order valence-corrected chi connectivity index (χ3v) is 6.19. The van der Waals surface area contributed by atoms with Crippen molar-refractivity contribution in [2.24, 2.45) is 0 Å². The van der Waals surface area contributed by atoms with E-state index in [2.05, 4.69) is 10.3 Å². The van der Waals surface area contributed by atoms with Gasteiger partial charge in [0.15, 0.2) is 0 Å². The minimum Gasteiger partial charge on any atom is -0.467 e. The molecule has 1 aliphatic rings. The summed E-state index contributed by atoms with van der Waals surface area (Å²) in [6.07, 6.45) is 0. The van der Waals surface area contributed by atoms with E-state index in [0.29, 0.717) is 44.0 Å². The second-order valence-electron chi connectivity index (χ2n) is 7.44. The van der Waals surface area contributed by atoms with E-state index in [9.17, 15) is 14.0 Å². The standard InChI is InChI=1S/C24H15Cl2FN2O3/c1-32-23(31)24(22(30)15-8-7-13(25)11-19(15)29-24)20-14-4-2-3-5-18(14)28-21(20)12-6-9-17(27)16(26)10-12/h2-11,28-29H,1H3. The van der Waals surface area contributed by atoms with Gasteiger partial charge in [0.25, 0.3) is 0 Å². The fraction of sp³-hybridized carbons (Fsp3) is 0.0833. The molecule has 0 bridgehead atoms. The summed E-state index contributed by atoms with van der Waals surface area (Å²) in [6, 6.07) is 16.2. The largest absolute Gasteiger partial charge is 0.467 e. The molecule has 3 aromatic carbocycles. The van der Waals surface area contributed by atoms with E-state index in [1.54, 1.807) is 30.3 Å². The van der Waals surface area contributed by atoms with Gasteiger partial charge in [-0.25, -0.2) is 9.18 Å². The Morgan fingerprint density at radius 3 is 2.59 bits per heavy atom. The van der Waals surface area contributed by atoms with Crippen LogP contribution in [0.25, 0.3) is 22.2 Å². The maximum atomic E-state index is 13.9. The number of H-pyrrole nitrogens is 1. The van der Waals surface area contributed by atoms with E-state index >= 15 is 0 Å². The third kappa shape index (κ3) is 2.83. The number of hydrogen-bond donors (Lipinski definition) is 2. The summed E-state index contributed by atoms with van der Waals surface area (Å²) in [4.78, 5) is 30.3. The zero-order valence-electron chi connectivity index (χ0n) is 16.6. The number of carbonyl (C=O) groups excluding carboxylic acids is 2. The number of nitrogens with one attached hydrogen (secondary N) is 2. The number of anilines is 1. The van der Waals surface area contributed by atoms with E-state index in [-0.39, 0.29) is 5.02 Å². The van der Waals surface area contributed by atoms with Crippen LogP contribution < -0.4 is 5.32 Å². The number of halogens is 3. The van der Waals surface area contributed by atoms with Crippen LogP contribution >= 0.6 is 23.2 Å². The Balaban J connectivity index is 1.86. The molecule has 5 rings (SSSR count). The van der Waals surface area contributed by atoms with Crippen LogP contribution in [0, 0.1) is 5.82 Å². The summed E-state index contributed by atoms with van der Waals surface area (Å²) in [5.74, 6) is -1.84. The SMILES string of the molecule is COC(=O)C1(c2c(-c3ccc(F)c(Cl)c3)[nH]c3ccccc23)Nc2cc(Cl)ccc2C1=O. The van der Waals surface area contributed by atoms with Gasteiger partial charge in [-0.2, -0.15) is 0 Å². The third-order valence-electron chi connectivity index (χ3n) is 5.67. The molecule has 8 heteroatoms. The summed E-state index contributed by atoms with van der Waals surface area (Å²) in [5.41, 5.74) is 0.851. The number of ether oxygens (including phenoxy) is 1. The van der Waals surface area contributed by atoms with Gasteiger partial charge >= 0.3 is 5.97 Å². The molecule has 4 aromatic rings. The first kappa shape index (κ1) is 20.5.